The van der Waals surface area contributed by atoms with Crippen molar-refractivity contribution in [3.8, 4) is 0 Å². The van der Waals surface area contributed by atoms with Crippen molar-refractivity contribution < 1.29 is 14.7 Å². The number of carboxylic acids is 1. The van der Waals surface area contributed by atoms with Gasteiger partial charge in [0.05, 0.1) is 0 Å². The van der Waals surface area contributed by atoms with Gasteiger partial charge in [-0.25, -0.2) is 9.59 Å². The van der Waals surface area contributed by atoms with Gasteiger partial charge in [-0.2, -0.15) is 0 Å². The Bertz CT molecular complexity index is 304. The first kappa shape index (κ1) is 11.2. The summed E-state index contributed by atoms with van der Waals surface area (Å²) in [6.07, 6.45) is 2.01. The van der Waals surface area contributed by atoms with Crippen LogP contribution in [0.15, 0.2) is 0 Å². The zero-order valence-corrected chi connectivity index (χ0v) is 9.27. The smallest absolute Gasteiger partial charge is 0.328 e. The molecule has 2 aliphatic rings. The van der Waals surface area contributed by atoms with Gasteiger partial charge in [-0.1, -0.05) is 0 Å². The quantitative estimate of drug-likeness (QED) is 0.600. The summed E-state index contributed by atoms with van der Waals surface area (Å²) < 4.78 is 0. The molecule has 0 aromatic carbocycles. The Morgan fingerprint density at radius 3 is 2.69 bits per heavy atom. The Kier molecular flexibility index (Phi) is 3.00. The fourth-order valence-electron chi connectivity index (χ4n) is 1.99. The van der Waals surface area contributed by atoms with Gasteiger partial charge in [-0.3, -0.25) is 0 Å². The molecule has 1 saturated heterocycles. The highest BCUT2D eigenvalue weighted by Crippen LogP contribution is 2.20. The van der Waals surface area contributed by atoms with Crippen molar-refractivity contribution in [2.75, 3.05) is 13.1 Å². The minimum Gasteiger partial charge on any atom is -0.480 e. The number of carboxylic acid groups (broad SMARTS) is 1. The highest BCUT2D eigenvalue weighted by atomic mass is 16.4. The molecule has 2 amide bonds. The molecule has 2 atom stereocenters. The van der Waals surface area contributed by atoms with Gasteiger partial charge < -0.3 is 20.6 Å². The molecule has 1 saturated carbocycles. The second kappa shape index (κ2) is 4.29. The van der Waals surface area contributed by atoms with Crippen molar-refractivity contribution >= 4 is 12.0 Å². The van der Waals surface area contributed by atoms with Crippen LogP contribution in [0.25, 0.3) is 0 Å². The summed E-state index contributed by atoms with van der Waals surface area (Å²) in [5.41, 5.74) is 0. The van der Waals surface area contributed by atoms with Crippen molar-refractivity contribution in [1.29, 1.82) is 0 Å². The number of carbonyl (C=O) groups excluding carboxylic acids is 1. The minimum absolute atomic E-state index is 0.212. The molecule has 6 heteroatoms. The maximum absolute atomic E-state index is 11.8. The zero-order chi connectivity index (χ0) is 11.7. The lowest BCUT2D eigenvalue weighted by Gasteiger charge is -2.37. The van der Waals surface area contributed by atoms with E-state index in [1.54, 1.807) is 6.92 Å². The summed E-state index contributed by atoms with van der Waals surface area (Å²) in [5.74, 6) is -0.953. The second-order valence-electron chi connectivity index (χ2n) is 4.44. The van der Waals surface area contributed by atoms with Gasteiger partial charge in [0.15, 0.2) is 0 Å². The second-order valence-corrected chi connectivity index (χ2v) is 4.44. The summed E-state index contributed by atoms with van der Waals surface area (Å²) in [4.78, 5) is 24.4. The largest absolute Gasteiger partial charge is 0.480 e. The molecule has 0 bridgehead atoms. The van der Waals surface area contributed by atoms with Crippen LogP contribution in [0, 0.1) is 0 Å². The predicted octanol–water partition coefficient (Wildman–Crippen LogP) is -0.395. The number of amides is 2. The summed E-state index contributed by atoms with van der Waals surface area (Å²) in [6, 6.07) is -0.973. The van der Waals surface area contributed by atoms with E-state index in [1.807, 2.05) is 0 Å². The summed E-state index contributed by atoms with van der Waals surface area (Å²) >= 11 is 0. The zero-order valence-electron chi connectivity index (χ0n) is 9.27. The number of hydrogen-bond donors (Lipinski definition) is 3. The lowest BCUT2D eigenvalue weighted by Crippen LogP contribution is -2.63. The van der Waals surface area contributed by atoms with E-state index < -0.39 is 12.0 Å². The Hall–Kier alpha value is -1.30. The highest BCUT2D eigenvalue weighted by molar-refractivity contribution is 5.83. The van der Waals surface area contributed by atoms with Gasteiger partial charge in [-0.05, 0) is 19.8 Å². The summed E-state index contributed by atoms with van der Waals surface area (Å²) in [6.45, 7) is 2.87. The van der Waals surface area contributed by atoms with Crippen molar-refractivity contribution in [3.05, 3.63) is 0 Å². The van der Waals surface area contributed by atoms with Crippen LogP contribution < -0.4 is 10.6 Å². The van der Waals surface area contributed by atoms with Crippen LogP contribution in [0.5, 0.6) is 0 Å². The van der Waals surface area contributed by atoms with Crippen LogP contribution in [0.3, 0.4) is 0 Å². The van der Waals surface area contributed by atoms with Crippen molar-refractivity contribution in [1.82, 2.24) is 15.5 Å². The topological polar surface area (TPSA) is 81.7 Å². The molecule has 1 heterocycles. The van der Waals surface area contributed by atoms with Gasteiger partial charge in [0.1, 0.15) is 6.04 Å². The molecule has 3 N–H and O–H groups in total. The molecule has 16 heavy (non-hydrogen) atoms. The molecule has 6 nitrogen and oxygen atoms in total. The third-order valence-electron chi connectivity index (χ3n) is 3.05. The van der Waals surface area contributed by atoms with Crippen LogP contribution in [0.1, 0.15) is 19.8 Å². The van der Waals surface area contributed by atoms with E-state index in [2.05, 4.69) is 10.6 Å². The van der Waals surface area contributed by atoms with Crippen molar-refractivity contribution in [3.63, 3.8) is 0 Å². The van der Waals surface area contributed by atoms with Crippen LogP contribution in [0.4, 0.5) is 4.79 Å². The van der Waals surface area contributed by atoms with Gasteiger partial charge >= 0.3 is 12.0 Å². The maximum atomic E-state index is 11.8. The van der Waals surface area contributed by atoms with E-state index in [1.165, 1.54) is 4.90 Å². The molecule has 0 aromatic rings. The molecule has 2 fully saturated rings. The summed E-state index contributed by atoms with van der Waals surface area (Å²) in [5, 5.41) is 15.0. The Labute approximate surface area is 94.0 Å². The first-order chi connectivity index (χ1) is 7.59. The molecule has 0 spiro atoms. The van der Waals surface area contributed by atoms with Gasteiger partial charge in [0.2, 0.25) is 0 Å². The van der Waals surface area contributed by atoms with E-state index in [0.29, 0.717) is 13.1 Å². The average Bonchev–Trinajstić information content (AvgIpc) is 3.00. The fourth-order valence-corrected chi connectivity index (χ4v) is 1.99. The van der Waals surface area contributed by atoms with Crippen molar-refractivity contribution in [2.24, 2.45) is 0 Å². The molecule has 90 valence electrons. The van der Waals surface area contributed by atoms with E-state index in [9.17, 15) is 9.59 Å². The number of piperazine rings is 1. The highest BCUT2D eigenvalue weighted by Gasteiger charge is 2.38. The Balaban J connectivity index is 2.03. The average molecular weight is 227 g/mol. The summed E-state index contributed by atoms with van der Waals surface area (Å²) in [7, 11) is 0. The standard InChI is InChI=1S/C10H17N3O3/c1-6-8(9(14)15)13(5-4-11-6)10(16)12-7-2-3-7/h6-8,11H,2-5H2,1H3,(H,12,16)(H,14,15). The van der Waals surface area contributed by atoms with E-state index in [0.717, 1.165) is 12.8 Å². The van der Waals surface area contributed by atoms with Crippen LogP contribution in [-0.4, -0.2) is 53.2 Å². The molecule has 1 aliphatic heterocycles. The SMILES string of the molecule is CC1NCCN(C(=O)NC2CC2)C1C(=O)O. The molecule has 2 rings (SSSR count). The van der Waals surface area contributed by atoms with Gasteiger partial charge in [-0.15, -0.1) is 0 Å². The number of aliphatic carboxylic acids is 1. The van der Waals surface area contributed by atoms with E-state index in [4.69, 9.17) is 5.11 Å². The van der Waals surface area contributed by atoms with Crippen LogP contribution in [0.2, 0.25) is 0 Å². The Morgan fingerprint density at radius 1 is 1.44 bits per heavy atom. The number of carbonyl (C=O) groups is 2. The third kappa shape index (κ3) is 2.27. The first-order valence-corrected chi connectivity index (χ1v) is 5.63. The van der Waals surface area contributed by atoms with Gasteiger partial charge in [0, 0.05) is 25.2 Å². The minimum atomic E-state index is -0.953. The maximum Gasteiger partial charge on any atom is 0.328 e. The van der Waals surface area contributed by atoms with Crippen LogP contribution in [-0.2, 0) is 4.79 Å². The normalized spacial score (nSPS) is 29.9. The fraction of sp³-hybridized carbons (Fsp3) is 0.800. The molecule has 2 unspecified atom stereocenters. The lowest BCUT2D eigenvalue weighted by atomic mass is 10.1. The number of nitrogens with zero attached hydrogens (tertiary/aromatic N) is 1. The van der Waals surface area contributed by atoms with Crippen molar-refractivity contribution in [2.45, 2.75) is 37.9 Å². The molecular formula is C10H17N3O3. The molecule has 0 radical (unpaired) electrons. The molecule has 1 aliphatic carbocycles. The Morgan fingerprint density at radius 2 is 2.12 bits per heavy atom. The molecule has 0 aromatic heterocycles. The van der Waals surface area contributed by atoms with E-state index in [-0.39, 0.29) is 18.1 Å². The first-order valence-electron chi connectivity index (χ1n) is 5.63. The number of urea groups is 1. The number of rotatable bonds is 2. The lowest BCUT2D eigenvalue weighted by molar-refractivity contribution is -0.144. The van der Waals surface area contributed by atoms with Crippen LogP contribution >= 0.6 is 0 Å². The molecular weight excluding hydrogens is 210 g/mol. The third-order valence-corrected chi connectivity index (χ3v) is 3.05. The monoisotopic (exact) mass is 227 g/mol. The predicted molar refractivity (Wildman–Crippen MR) is 57.1 cm³/mol. The van der Waals surface area contributed by atoms with E-state index >= 15 is 0 Å². The van der Waals surface area contributed by atoms with Gasteiger partial charge in [0.25, 0.3) is 0 Å². The number of nitrogens with one attached hydrogen (secondary N) is 2. The number of hydrogen-bond acceptors (Lipinski definition) is 3.